The zero-order valence-corrected chi connectivity index (χ0v) is 12.7. The van der Waals surface area contributed by atoms with Crippen molar-refractivity contribution in [2.45, 2.75) is 32.7 Å². The zero-order valence-electron chi connectivity index (χ0n) is 12.7. The van der Waals surface area contributed by atoms with E-state index in [1.54, 1.807) is 0 Å². The second kappa shape index (κ2) is 6.19. The van der Waals surface area contributed by atoms with Crippen LogP contribution in [0.1, 0.15) is 35.2 Å². The predicted molar refractivity (Wildman–Crippen MR) is 78.9 cm³/mol. The van der Waals surface area contributed by atoms with E-state index in [9.17, 15) is 14.9 Å². The summed E-state index contributed by atoms with van der Waals surface area (Å²) in [5.74, 6) is 1.03. The predicted octanol–water partition coefficient (Wildman–Crippen LogP) is 1.33. The Labute approximate surface area is 131 Å². The summed E-state index contributed by atoms with van der Waals surface area (Å²) in [7, 11) is 0. The third kappa shape index (κ3) is 3.22. The number of aromatic nitrogens is 3. The Morgan fingerprint density at radius 1 is 1.61 bits per heavy atom. The Balaban J connectivity index is 1.57. The van der Waals surface area contributed by atoms with Crippen molar-refractivity contribution in [1.29, 1.82) is 0 Å². The minimum atomic E-state index is -0.509. The maximum Gasteiger partial charge on any atom is 0.306 e. The third-order valence-corrected chi connectivity index (χ3v) is 3.96. The van der Waals surface area contributed by atoms with Gasteiger partial charge in [-0.05, 0) is 18.8 Å². The molecule has 9 nitrogen and oxygen atoms in total. The number of carbonyl (C=O) groups excluding carboxylic acids is 1. The third-order valence-electron chi connectivity index (χ3n) is 3.96. The molecule has 9 heteroatoms. The molecule has 3 rings (SSSR count). The maximum absolute atomic E-state index is 12.2. The van der Waals surface area contributed by atoms with Crippen LogP contribution in [0.3, 0.4) is 0 Å². The van der Waals surface area contributed by atoms with Crippen molar-refractivity contribution in [2.75, 3.05) is 6.54 Å². The van der Waals surface area contributed by atoms with Crippen LogP contribution >= 0.6 is 0 Å². The molecule has 0 aromatic carbocycles. The molecule has 1 N–H and O–H groups in total. The van der Waals surface area contributed by atoms with Crippen LogP contribution in [0.2, 0.25) is 0 Å². The summed E-state index contributed by atoms with van der Waals surface area (Å²) in [6.07, 6.45) is 5.16. The highest BCUT2D eigenvalue weighted by molar-refractivity contribution is 5.93. The van der Waals surface area contributed by atoms with Crippen LogP contribution in [0.15, 0.2) is 16.9 Å². The molecule has 0 aliphatic heterocycles. The lowest BCUT2D eigenvalue weighted by molar-refractivity contribution is -0.385. The SMILES string of the molecule is CC1CCc2onc(C(=O)NCCn3cc([N+](=O)[O-])cn3)c2C1. The van der Waals surface area contributed by atoms with Gasteiger partial charge in [-0.3, -0.25) is 19.6 Å². The number of hydrogen-bond donors (Lipinski definition) is 1. The first-order valence-corrected chi connectivity index (χ1v) is 7.47. The minimum Gasteiger partial charge on any atom is -0.360 e. The van der Waals surface area contributed by atoms with Gasteiger partial charge in [0.1, 0.15) is 18.2 Å². The standard InChI is InChI=1S/C14H17N5O4/c1-9-2-3-12-11(6-9)13(17-23-12)14(20)15-4-5-18-8-10(7-16-18)19(21)22/h7-9H,2-6H2,1H3,(H,15,20). The van der Waals surface area contributed by atoms with E-state index in [1.807, 2.05) is 0 Å². The molecule has 1 aliphatic carbocycles. The monoisotopic (exact) mass is 319 g/mol. The quantitative estimate of drug-likeness (QED) is 0.656. The second-order valence-corrected chi connectivity index (χ2v) is 5.76. The van der Waals surface area contributed by atoms with Gasteiger partial charge in [-0.15, -0.1) is 0 Å². The van der Waals surface area contributed by atoms with Crippen molar-refractivity contribution in [3.05, 3.63) is 39.5 Å². The highest BCUT2D eigenvalue weighted by Crippen LogP contribution is 2.27. The van der Waals surface area contributed by atoms with Crippen molar-refractivity contribution in [3.8, 4) is 0 Å². The molecule has 0 saturated carbocycles. The molecule has 0 fully saturated rings. The topological polar surface area (TPSA) is 116 Å². The summed E-state index contributed by atoms with van der Waals surface area (Å²) in [6, 6.07) is 0. The van der Waals surface area contributed by atoms with Gasteiger partial charge in [0.2, 0.25) is 0 Å². The molecule has 1 amide bonds. The molecule has 2 heterocycles. The number of carbonyl (C=O) groups is 1. The van der Waals surface area contributed by atoms with Crippen LogP contribution in [0.5, 0.6) is 0 Å². The summed E-state index contributed by atoms with van der Waals surface area (Å²) in [5, 5.41) is 21.1. The lowest BCUT2D eigenvalue weighted by atomic mass is 9.88. The number of amides is 1. The molecule has 0 saturated heterocycles. The Bertz CT molecular complexity index is 735. The van der Waals surface area contributed by atoms with Crippen LogP contribution in [-0.4, -0.2) is 32.3 Å². The molecule has 1 unspecified atom stereocenters. The number of aryl methyl sites for hydroxylation is 1. The van der Waals surface area contributed by atoms with Crippen molar-refractivity contribution in [2.24, 2.45) is 5.92 Å². The fraction of sp³-hybridized carbons (Fsp3) is 0.500. The first-order chi connectivity index (χ1) is 11.0. The van der Waals surface area contributed by atoms with Crippen molar-refractivity contribution < 1.29 is 14.2 Å². The van der Waals surface area contributed by atoms with Crippen LogP contribution in [0, 0.1) is 16.0 Å². The summed E-state index contributed by atoms with van der Waals surface area (Å²) < 4.78 is 6.66. The average Bonchev–Trinajstić information content (AvgIpc) is 3.13. The van der Waals surface area contributed by atoms with Crippen molar-refractivity contribution in [1.82, 2.24) is 20.3 Å². The number of rotatable bonds is 5. The summed E-state index contributed by atoms with van der Waals surface area (Å²) >= 11 is 0. The molecule has 0 spiro atoms. The Morgan fingerprint density at radius 3 is 3.17 bits per heavy atom. The van der Waals surface area contributed by atoms with E-state index in [0.717, 1.165) is 30.6 Å². The van der Waals surface area contributed by atoms with E-state index in [4.69, 9.17) is 4.52 Å². The summed E-state index contributed by atoms with van der Waals surface area (Å²) in [5.41, 5.74) is 1.17. The lowest BCUT2D eigenvalue weighted by Gasteiger charge is -2.16. The van der Waals surface area contributed by atoms with Crippen molar-refractivity contribution in [3.63, 3.8) is 0 Å². The molecule has 0 bridgehead atoms. The van der Waals surface area contributed by atoms with Gasteiger partial charge in [0.05, 0.1) is 11.5 Å². The normalized spacial score (nSPS) is 16.8. The van der Waals surface area contributed by atoms with Crippen molar-refractivity contribution >= 4 is 11.6 Å². The van der Waals surface area contributed by atoms with E-state index in [1.165, 1.54) is 17.1 Å². The Kier molecular flexibility index (Phi) is 4.09. The van der Waals surface area contributed by atoms with E-state index >= 15 is 0 Å². The molecule has 2 aromatic heterocycles. The minimum absolute atomic E-state index is 0.0733. The number of hydrogen-bond acceptors (Lipinski definition) is 6. The second-order valence-electron chi connectivity index (χ2n) is 5.76. The fourth-order valence-electron chi connectivity index (χ4n) is 2.69. The molecule has 2 aromatic rings. The molecule has 23 heavy (non-hydrogen) atoms. The van der Waals surface area contributed by atoms with Crippen LogP contribution < -0.4 is 5.32 Å². The van der Waals surface area contributed by atoms with Crippen LogP contribution in [0.25, 0.3) is 0 Å². The van der Waals surface area contributed by atoms with Crippen LogP contribution in [-0.2, 0) is 19.4 Å². The molecular formula is C14H17N5O4. The van der Waals surface area contributed by atoms with Crippen LogP contribution in [0.4, 0.5) is 5.69 Å². The van der Waals surface area contributed by atoms with Gasteiger partial charge >= 0.3 is 5.69 Å². The van der Waals surface area contributed by atoms with E-state index in [2.05, 4.69) is 22.5 Å². The van der Waals surface area contributed by atoms with Gasteiger partial charge in [-0.1, -0.05) is 12.1 Å². The van der Waals surface area contributed by atoms with Gasteiger partial charge in [0.25, 0.3) is 5.91 Å². The molecular weight excluding hydrogens is 302 g/mol. The highest BCUT2D eigenvalue weighted by Gasteiger charge is 2.26. The maximum atomic E-state index is 12.2. The molecule has 0 radical (unpaired) electrons. The van der Waals surface area contributed by atoms with Gasteiger partial charge in [0.15, 0.2) is 5.69 Å². The number of nitrogens with zero attached hydrogens (tertiary/aromatic N) is 4. The lowest BCUT2D eigenvalue weighted by Crippen LogP contribution is -2.29. The number of nitro groups is 1. The highest BCUT2D eigenvalue weighted by atomic mass is 16.6. The van der Waals surface area contributed by atoms with E-state index < -0.39 is 4.92 Å². The van der Waals surface area contributed by atoms with Gasteiger partial charge in [0, 0.05) is 18.5 Å². The number of fused-ring (bicyclic) bond motifs is 1. The summed E-state index contributed by atoms with van der Waals surface area (Å²) in [6.45, 7) is 2.78. The van der Waals surface area contributed by atoms with Gasteiger partial charge in [-0.2, -0.15) is 5.10 Å². The number of nitrogens with one attached hydrogen (secondary N) is 1. The largest absolute Gasteiger partial charge is 0.360 e. The van der Waals surface area contributed by atoms with E-state index in [-0.39, 0.29) is 11.6 Å². The van der Waals surface area contributed by atoms with Gasteiger partial charge in [-0.25, -0.2) is 0 Å². The molecule has 122 valence electrons. The fourth-order valence-corrected chi connectivity index (χ4v) is 2.69. The van der Waals surface area contributed by atoms with E-state index in [0.29, 0.717) is 24.7 Å². The zero-order chi connectivity index (χ0) is 16.4. The Morgan fingerprint density at radius 2 is 2.43 bits per heavy atom. The first kappa shape index (κ1) is 15.2. The molecule has 1 atom stereocenters. The van der Waals surface area contributed by atoms with Gasteiger partial charge < -0.3 is 9.84 Å². The smallest absolute Gasteiger partial charge is 0.306 e. The average molecular weight is 319 g/mol. The first-order valence-electron chi connectivity index (χ1n) is 7.47. The molecule has 1 aliphatic rings. The summed E-state index contributed by atoms with van der Waals surface area (Å²) in [4.78, 5) is 22.3. The Hall–Kier alpha value is -2.71.